The third kappa shape index (κ3) is 2.73. The Hall–Kier alpha value is -2.37. The van der Waals surface area contributed by atoms with Crippen LogP contribution in [0.3, 0.4) is 0 Å². The topological polar surface area (TPSA) is 69.5 Å². The number of hydrogen-bond donors (Lipinski definition) is 2. The van der Waals surface area contributed by atoms with E-state index in [0.29, 0.717) is 11.1 Å². The van der Waals surface area contributed by atoms with Crippen LogP contribution >= 0.6 is 0 Å². The van der Waals surface area contributed by atoms with Gasteiger partial charge in [-0.3, -0.25) is 9.88 Å². The van der Waals surface area contributed by atoms with Crippen molar-refractivity contribution in [3.63, 3.8) is 0 Å². The van der Waals surface area contributed by atoms with Crippen molar-refractivity contribution in [2.75, 3.05) is 13.1 Å². The minimum absolute atomic E-state index is 0.138. The molecule has 0 amide bonds. The summed E-state index contributed by atoms with van der Waals surface area (Å²) in [6.07, 6.45) is 3.12. The van der Waals surface area contributed by atoms with Gasteiger partial charge >= 0.3 is 5.76 Å². The first-order chi connectivity index (χ1) is 13.1. The molecule has 5 nitrogen and oxygen atoms in total. The minimum atomic E-state index is -0.941. The van der Waals surface area contributed by atoms with Gasteiger partial charge in [-0.05, 0) is 24.5 Å². The molecule has 27 heavy (non-hydrogen) atoms. The van der Waals surface area contributed by atoms with Crippen LogP contribution in [-0.4, -0.2) is 28.1 Å². The zero-order valence-corrected chi connectivity index (χ0v) is 15.2. The summed E-state index contributed by atoms with van der Waals surface area (Å²) >= 11 is 0. The number of rotatable bonds is 3. The largest absolute Gasteiger partial charge is 0.417 e. The molecule has 0 radical (unpaired) electrons. The lowest BCUT2D eigenvalue weighted by molar-refractivity contribution is -0.148. The lowest BCUT2D eigenvalue weighted by atomic mass is 9.62. The summed E-state index contributed by atoms with van der Waals surface area (Å²) < 4.78 is 5.42. The molecule has 2 unspecified atom stereocenters. The number of H-pyrrole nitrogens is 1. The van der Waals surface area contributed by atoms with Gasteiger partial charge in [-0.15, -0.1) is 0 Å². The first kappa shape index (κ1) is 16.8. The predicted molar refractivity (Wildman–Crippen MR) is 103 cm³/mol. The first-order valence-electron chi connectivity index (χ1n) is 9.75. The van der Waals surface area contributed by atoms with Gasteiger partial charge in [-0.1, -0.05) is 48.9 Å². The highest BCUT2D eigenvalue weighted by Crippen LogP contribution is 2.50. The van der Waals surface area contributed by atoms with Gasteiger partial charge < -0.3 is 9.52 Å². The maximum atomic E-state index is 11.9. The summed E-state index contributed by atoms with van der Waals surface area (Å²) in [4.78, 5) is 16.9. The van der Waals surface area contributed by atoms with Gasteiger partial charge in [0, 0.05) is 37.0 Å². The average Bonchev–Trinajstić information content (AvgIpc) is 3.03. The van der Waals surface area contributed by atoms with Crippen molar-refractivity contribution >= 4 is 11.1 Å². The van der Waals surface area contributed by atoms with Crippen LogP contribution in [0, 0.1) is 11.8 Å². The number of fused-ring (bicyclic) bond motifs is 3. The van der Waals surface area contributed by atoms with Crippen LogP contribution in [0.5, 0.6) is 0 Å². The Morgan fingerprint density at radius 1 is 1.07 bits per heavy atom. The van der Waals surface area contributed by atoms with E-state index in [1.165, 1.54) is 5.56 Å². The summed E-state index contributed by atoms with van der Waals surface area (Å²) in [6, 6.07) is 16.2. The molecule has 1 saturated carbocycles. The van der Waals surface area contributed by atoms with E-state index in [1.54, 1.807) is 0 Å². The monoisotopic (exact) mass is 364 g/mol. The van der Waals surface area contributed by atoms with Crippen molar-refractivity contribution in [2.24, 2.45) is 11.8 Å². The number of aliphatic hydroxyl groups is 1. The number of likely N-dealkylation sites (tertiary alicyclic amines) is 1. The molecule has 2 atom stereocenters. The number of aromatic amines is 1. The van der Waals surface area contributed by atoms with E-state index >= 15 is 0 Å². The second-order valence-corrected chi connectivity index (χ2v) is 8.03. The number of nitrogens with zero attached hydrogens (tertiary/aromatic N) is 1. The van der Waals surface area contributed by atoms with E-state index < -0.39 is 11.4 Å². The van der Waals surface area contributed by atoms with E-state index in [1.807, 2.05) is 24.3 Å². The number of nitrogens with one attached hydrogen (secondary N) is 1. The molecule has 0 spiro atoms. The van der Waals surface area contributed by atoms with E-state index in [0.717, 1.165) is 44.5 Å². The van der Waals surface area contributed by atoms with Crippen LogP contribution in [0.2, 0.25) is 0 Å². The number of para-hydroxylation sites is 1. The molecule has 3 aromatic rings. The average molecular weight is 364 g/mol. The number of benzene rings is 2. The maximum absolute atomic E-state index is 11.9. The number of piperidine rings is 1. The maximum Gasteiger partial charge on any atom is 0.417 e. The van der Waals surface area contributed by atoms with E-state index in [-0.39, 0.29) is 11.8 Å². The molecule has 1 aromatic heterocycles. The van der Waals surface area contributed by atoms with Crippen molar-refractivity contribution in [3.8, 4) is 0 Å². The molecular formula is C22H24N2O3. The molecule has 2 aromatic carbocycles. The Labute approximate surface area is 157 Å². The molecule has 140 valence electrons. The highest BCUT2D eigenvalue weighted by Gasteiger charge is 2.52. The van der Waals surface area contributed by atoms with Crippen molar-refractivity contribution < 1.29 is 9.52 Å². The molecule has 2 heterocycles. The quantitative estimate of drug-likeness (QED) is 0.749. The van der Waals surface area contributed by atoms with E-state index in [4.69, 9.17) is 4.42 Å². The molecule has 2 N–H and O–H groups in total. The fourth-order valence-electron chi connectivity index (χ4n) is 5.24. The zero-order chi connectivity index (χ0) is 18.4. The molecule has 2 bridgehead atoms. The Bertz CT molecular complexity index is 993. The van der Waals surface area contributed by atoms with E-state index in [2.05, 4.69) is 34.1 Å². The van der Waals surface area contributed by atoms with Crippen molar-refractivity contribution in [1.82, 2.24) is 9.88 Å². The van der Waals surface area contributed by atoms with Gasteiger partial charge in [-0.2, -0.15) is 0 Å². The van der Waals surface area contributed by atoms with Crippen LogP contribution in [-0.2, 0) is 12.1 Å². The normalized spacial score (nSPS) is 28.5. The summed E-state index contributed by atoms with van der Waals surface area (Å²) in [5, 5.41) is 11.9. The molecule has 1 aliphatic carbocycles. The van der Waals surface area contributed by atoms with Gasteiger partial charge in [0.05, 0.1) is 5.52 Å². The third-order valence-electron chi connectivity index (χ3n) is 6.43. The van der Waals surface area contributed by atoms with Crippen molar-refractivity contribution in [2.45, 2.75) is 31.4 Å². The lowest BCUT2D eigenvalue weighted by Gasteiger charge is -2.53. The Kier molecular flexibility index (Phi) is 3.95. The third-order valence-corrected chi connectivity index (χ3v) is 6.43. The SMILES string of the molecule is O=c1[nH]c2cccc(C3(O)C4CCCC3CN(Cc3ccccc3)C4)c2o1. The number of oxazole rings is 1. The molecule has 2 aliphatic rings. The predicted octanol–water partition coefficient (Wildman–Crippen LogP) is 3.24. The van der Waals surface area contributed by atoms with Crippen molar-refractivity contribution in [3.05, 3.63) is 70.2 Å². The molecular weight excluding hydrogens is 340 g/mol. The number of hydrogen-bond acceptors (Lipinski definition) is 4. The van der Waals surface area contributed by atoms with Crippen LogP contribution in [0.1, 0.15) is 30.4 Å². The van der Waals surface area contributed by atoms with E-state index in [9.17, 15) is 9.90 Å². The van der Waals surface area contributed by atoms with Crippen LogP contribution in [0.25, 0.3) is 11.1 Å². The Balaban J connectivity index is 1.51. The Morgan fingerprint density at radius 3 is 2.56 bits per heavy atom. The summed E-state index contributed by atoms with van der Waals surface area (Å²) in [5.41, 5.74) is 2.31. The molecule has 5 rings (SSSR count). The number of aromatic nitrogens is 1. The summed E-state index contributed by atoms with van der Waals surface area (Å²) in [6.45, 7) is 2.62. The fraction of sp³-hybridized carbons (Fsp3) is 0.409. The van der Waals surface area contributed by atoms with Gasteiger partial charge in [0.2, 0.25) is 0 Å². The molecule has 1 saturated heterocycles. The van der Waals surface area contributed by atoms with Crippen LogP contribution in [0.15, 0.2) is 57.7 Å². The minimum Gasteiger partial charge on any atom is -0.407 e. The standard InChI is InChI=1S/C22H24N2O3/c25-21-23-19-11-5-10-18(20(19)27-21)22(26)16-8-4-9-17(22)14-24(13-16)12-15-6-2-1-3-7-15/h1-3,5-7,10-11,16-17,26H,4,8-9,12-14H2,(H,23,25). The van der Waals surface area contributed by atoms with Crippen LogP contribution in [0.4, 0.5) is 0 Å². The van der Waals surface area contributed by atoms with Gasteiger partial charge in [0.25, 0.3) is 0 Å². The first-order valence-corrected chi connectivity index (χ1v) is 9.75. The van der Waals surface area contributed by atoms with Gasteiger partial charge in [0.15, 0.2) is 5.58 Å². The molecule has 5 heteroatoms. The summed E-state index contributed by atoms with van der Waals surface area (Å²) in [5.74, 6) is -0.188. The summed E-state index contributed by atoms with van der Waals surface area (Å²) in [7, 11) is 0. The molecule has 1 aliphatic heterocycles. The molecule has 2 fully saturated rings. The zero-order valence-electron chi connectivity index (χ0n) is 15.2. The highest BCUT2D eigenvalue weighted by molar-refractivity contribution is 5.77. The lowest BCUT2D eigenvalue weighted by Crippen LogP contribution is -2.57. The van der Waals surface area contributed by atoms with Gasteiger partial charge in [0.1, 0.15) is 5.60 Å². The smallest absolute Gasteiger partial charge is 0.407 e. The second-order valence-electron chi connectivity index (χ2n) is 8.03. The van der Waals surface area contributed by atoms with Crippen LogP contribution < -0.4 is 5.76 Å². The highest BCUT2D eigenvalue weighted by atomic mass is 16.4. The van der Waals surface area contributed by atoms with Crippen molar-refractivity contribution in [1.29, 1.82) is 0 Å². The Morgan fingerprint density at radius 2 is 1.81 bits per heavy atom. The van der Waals surface area contributed by atoms with Gasteiger partial charge in [-0.25, -0.2) is 4.79 Å². The second kappa shape index (κ2) is 6.36. The fourth-order valence-corrected chi connectivity index (χ4v) is 5.24.